The van der Waals surface area contributed by atoms with Crippen molar-refractivity contribution in [2.75, 3.05) is 32.8 Å². The van der Waals surface area contributed by atoms with Gasteiger partial charge in [0.1, 0.15) is 5.75 Å². The molecule has 0 bridgehead atoms. The second-order valence-electron chi connectivity index (χ2n) is 8.60. The van der Waals surface area contributed by atoms with Gasteiger partial charge in [-0.1, -0.05) is 41.9 Å². The average molecular weight is 427 g/mol. The molecule has 0 saturated carbocycles. The lowest BCUT2D eigenvalue weighted by Crippen LogP contribution is -2.50. The maximum Gasteiger partial charge on any atom is 0.229 e. The molecule has 2 aromatic carbocycles. The van der Waals surface area contributed by atoms with Crippen molar-refractivity contribution in [2.45, 2.75) is 38.6 Å². The number of rotatable bonds is 7. The molecule has 0 N–H and O–H groups in total. The van der Waals surface area contributed by atoms with Crippen molar-refractivity contribution in [3.63, 3.8) is 0 Å². The fourth-order valence-electron chi connectivity index (χ4n) is 4.74. The summed E-state index contributed by atoms with van der Waals surface area (Å²) in [5, 5.41) is 0.779. The van der Waals surface area contributed by atoms with Crippen LogP contribution in [0.2, 0.25) is 5.02 Å². The van der Waals surface area contributed by atoms with Crippen LogP contribution in [0.5, 0.6) is 5.75 Å². The molecule has 4 rings (SSSR count). The number of likely N-dealkylation sites (tertiary alicyclic amines) is 2. The molecule has 160 valence electrons. The molecule has 0 atom stereocenters. The number of nitrogens with zero attached hydrogens (tertiary/aromatic N) is 2. The fraction of sp³-hybridized carbons (Fsp3) is 0.480. The maximum absolute atomic E-state index is 13.5. The van der Waals surface area contributed by atoms with Crippen LogP contribution in [0, 0.1) is 5.41 Å². The Labute approximate surface area is 184 Å². The molecule has 4 nitrogen and oxygen atoms in total. The third-order valence-electron chi connectivity index (χ3n) is 6.55. The summed E-state index contributed by atoms with van der Waals surface area (Å²) in [7, 11) is 0. The van der Waals surface area contributed by atoms with Gasteiger partial charge in [-0.25, -0.2) is 0 Å². The average Bonchev–Trinajstić information content (AvgIpc) is 3.30. The molecule has 0 aromatic heterocycles. The van der Waals surface area contributed by atoms with Gasteiger partial charge in [0.05, 0.1) is 12.0 Å². The van der Waals surface area contributed by atoms with Gasteiger partial charge in [0, 0.05) is 24.7 Å². The van der Waals surface area contributed by atoms with Crippen LogP contribution >= 0.6 is 11.6 Å². The van der Waals surface area contributed by atoms with Gasteiger partial charge in [-0.05, 0) is 75.0 Å². The summed E-state index contributed by atoms with van der Waals surface area (Å²) in [6, 6.07) is 18.0. The van der Waals surface area contributed by atoms with E-state index in [4.69, 9.17) is 16.3 Å². The van der Waals surface area contributed by atoms with E-state index in [-0.39, 0.29) is 5.41 Å². The molecular weight excluding hydrogens is 396 g/mol. The molecule has 1 amide bonds. The van der Waals surface area contributed by atoms with Gasteiger partial charge in [-0.15, -0.1) is 0 Å². The third-order valence-corrected chi connectivity index (χ3v) is 6.78. The first-order valence-corrected chi connectivity index (χ1v) is 11.5. The van der Waals surface area contributed by atoms with E-state index in [1.54, 1.807) is 0 Å². The zero-order valence-electron chi connectivity index (χ0n) is 17.6. The van der Waals surface area contributed by atoms with Crippen LogP contribution in [-0.2, 0) is 11.3 Å². The minimum atomic E-state index is -0.302. The number of carbonyl (C=O) groups is 1. The van der Waals surface area contributed by atoms with Crippen molar-refractivity contribution in [3.05, 3.63) is 65.2 Å². The van der Waals surface area contributed by atoms with E-state index >= 15 is 0 Å². The quantitative estimate of drug-likeness (QED) is 0.623. The molecule has 2 heterocycles. The molecule has 0 aliphatic carbocycles. The predicted octanol–water partition coefficient (Wildman–Crippen LogP) is 5.01. The van der Waals surface area contributed by atoms with Gasteiger partial charge in [0.25, 0.3) is 0 Å². The number of hydrogen-bond donors (Lipinski definition) is 0. The largest absolute Gasteiger partial charge is 0.494 e. The molecule has 0 spiro atoms. The Morgan fingerprint density at radius 3 is 2.40 bits per heavy atom. The summed E-state index contributed by atoms with van der Waals surface area (Å²) in [4.78, 5) is 18.0. The number of amides is 1. The molecule has 2 aliphatic rings. The SMILES string of the molecule is O=C(N1CCCC1)C1(CCOc2ccccc2)CCN(Cc2cccc(Cl)c2)CC1. The summed E-state index contributed by atoms with van der Waals surface area (Å²) in [6.45, 7) is 5.14. The molecule has 2 saturated heterocycles. The zero-order chi connectivity index (χ0) is 20.8. The van der Waals surface area contributed by atoms with Gasteiger partial charge in [-0.2, -0.15) is 0 Å². The van der Waals surface area contributed by atoms with Gasteiger partial charge in [-0.3, -0.25) is 9.69 Å². The number of para-hydroxylation sites is 1. The molecule has 0 radical (unpaired) electrons. The minimum Gasteiger partial charge on any atom is -0.494 e. The van der Waals surface area contributed by atoms with Crippen LogP contribution in [0.4, 0.5) is 0 Å². The van der Waals surface area contributed by atoms with Crippen molar-refractivity contribution in [2.24, 2.45) is 5.41 Å². The molecular formula is C25H31ClN2O2. The zero-order valence-corrected chi connectivity index (χ0v) is 18.3. The van der Waals surface area contributed by atoms with E-state index in [1.165, 1.54) is 5.56 Å². The lowest BCUT2D eigenvalue weighted by molar-refractivity contribution is -0.145. The molecule has 2 aromatic rings. The van der Waals surface area contributed by atoms with Crippen LogP contribution in [0.25, 0.3) is 0 Å². The maximum atomic E-state index is 13.5. The topological polar surface area (TPSA) is 32.8 Å². The highest BCUT2D eigenvalue weighted by atomic mass is 35.5. The third kappa shape index (κ3) is 5.16. The van der Waals surface area contributed by atoms with E-state index in [9.17, 15) is 4.79 Å². The highest BCUT2D eigenvalue weighted by Crippen LogP contribution is 2.38. The molecule has 5 heteroatoms. The van der Waals surface area contributed by atoms with Gasteiger partial charge in [0.15, 0.2) is 0 Å². The predicted molar refractivity (Wildman–Crippen MR) is 121 cm³/mol. The van der Waals surface area contributed by atoms with E-state index in [0.29, 0.717) is 12.5 Å². The highest BCUT2D eigenvalue weighted by Gasteiger charge is 2.43. The minimum absolute atomic E-state index is 0.302. The van der Waals surface area contributed by atoms with Crippen LogP contribution in [0.15, 0.2) is 54.6 Å². The molecule has 30 heavy (non-hydrogen) atoms. The number of piperidine rings is 1. The van der Waals surface area contributed by atoms with Crippen molar-refractivity contribution in [1.82, 2.24) is 9.80 Å². The molecule has 2 aliphatic heterocycles. The van der Waals surface area contributed by atoms with E-state index in [0.717, 1.165) is 75.6 Å². The summed E-state index contributed by atoms with van der Waals surface area (Å²) in [6.07, 6.45) is 4.82. The second-order valence-corrected chi connectivity index (χ2v) is 9.03. The Hall–Kier alpha value is -2.04. The summed E-state index contributed by atoms with van der Waals surface area (Å²) >= 11 is 6.15. The highest BCUT2D eigenvalue weighted by molar-refractivity contribution is 6.30. The number of halogens is 1. The van der Waals surface area contributed by atoms with Gasteiger partial charge in [0.2, 0.25) is 5.91 Å². The van der Waals surface area contributed by atoms with Crippen LogP contribution in [0.3, 0.4) is 0 Å². The summed E-state index contributed by atoms with van der Waals surface area (Å²) in [5.41, 5.74) is 0.928. The summed E-state index contributed by atoms with van der Waals surface area (Å²) in [5.74, 6) is 1.22. The fourth-order valence-corrected chi connectivity index (χ4v) is 4.95. The van der Waals surface area contributed by atoms with E-state index < -0.39 is 0 Å². The van der Waals surface area contributed by atoms with E-state index in [2.05, 4.69) is 15.9 Å². The Bertz CT molecular complexity index is 828. The van der Waals surface area contributed by atoms with Crippen LogP contribution in [0.1, 0.15) is 37.7 Å². The Morgan fingerprint density at radius 2 is 1.70 bits per heavy atom. The Balaban J connectivity index is 1.40. The van der Waals surface area contributed by atoms with Gasteiger partial charge < -0.3 is 9.64 Å². The second kappa shape index (κ2) is 9.84. The first-order valence-electron chi connectivity index (χ1n) is 11.1. The van der Waals surface area contributed by atoms with Crippen molar-refractivity contribution in [3.8, 4) is 5.75 Å². The number of benzene rings is 2. The number of hydrogen-bond acceptors (Lipinski definition) is 3. The van der Waals surface area contributed by atoms with Crippen molar-refractivity contribution < 1.29 is 9.53 Å². The van der Waals surface area contributed by atoms with Crippen molar-refractivity contribution in [1.29, 1.82) is 0 Å². The monoisotopic (exact) mass is 426 g/mol. The Kier molecular flexibility index (Phi) is 6.96. The Morgan fingerprint density at radius 1 is 0.967 bits per heavy atom. The smallest absolute Gasteiger partial charge is 0.229 e. The normalized spacial score (nSPS) is 19.0. The van der Waals surface area contributed by atoms with Gasteiger partial charge >= 0.3 is 0 Å². The summed E-state index contributed by atoms with van der Waals surface area (Å²) < 4.78 is 5.98. The lowest BCUT2D eigenvalue weighted by atomic mass is 9.74. The number of carbonyl (C=O) groups excluding carboxylic acids is 1. The first kappa shape index (κ1) is 21.2. The number of ether oxygens (including phenoxy) is 1. The first-order chi connectivity index (χ1) is 14.6. The van der Waals surface area contributed by atoms with E-state index in [1.807, 2.05) is 48.5 Å². The van der Waals surface area contributed by atoms with Crippen molar-refractivity contribution >= 4 is 17.5 Å². The van der Waals surface area contributed by atoms with Crippen LogP contribution in [-0.4, -0.2) is 48.5 Å². The molecule has 2 fully saturated rings. The van der Waals surface area contributed by atoms with Crippen LogP contribution < -0.4 is 4.74 Å². The lowest BCUT2D eigenvalue weighted by Gasteiger charge is -2.42. The molecule has 0 unspecified atom stereocenters. The standard InChI is InChI=1S/C25H31ClN2O2/c26-22-8-6-7-21(19-22)20-27-16-11-25(12-17-27,24(29)28-14-4-5-15-28)13-18-30-23-9-2-1-3-10-23/h1-3,6-10,19H,4-5,11-18,20H2.